The third-order valence-electron chi connectivity index (χ3n) is 6.32. The zero-order valence-electron chi connectivity index (χ0n) is 14.9. The van der Waals surface area contributed by atoms with Gasteiger partial charge in [-0.15, -0.1) is 6.58 Å². The van der Waals surface area contributed by atoms with Crippen molar-refractivity contribution in [3.8, 4) is 0 Å². The first-order valence-corrected chi connectivity index (χ1v) is 10.0. The van der Waals surface area contributed by atoms with Crippen LogP contribution in [0.15, 0.2) is 12.7 Å². The van der Waals surface area contributed by atoms with Crippen LogP contribution in [0.2, 0.25) is 0 Å². The average Bonchev–Trinajstić information content (AvgIpc) is 2.58. The van der Waals surface area contributed by atoms with E-state index in [1.807, 2.05) is 6.08 Å². The zero-order valence-corrected chi connectivity index (χ0v) is 14.9. The number of hydrogen-bond acceptors (Lipinski definition) is 1. The topological polar surface area (TPSA) is 9.23 Å². The van der Waals surface area contributed by atoms with Crippen LogP contribution in [-0.4, -0.2) is 13.2 Å². The van der Waals surface area contributed by atoms with Gasteiger partial charge in [-0.05, 0) is 55.8 Å². The van der Waals surface area contributed by atoms with E-state index < -0.39 is 0 Å². The molecule has 1 nitrogen and oxygen atoms in total. The Morgan fingerprint density at radius 3 is 1.91 bits per heavy atom. The molecular formula is C21H38O. The van der Waals surface area contributed by atoms with Crippen molar-refractivity contribution < 1.29 is 4.74 Å². The van der Waals surface area contributed by atoms with Crippen molar-refractivity contribution >= 4 is 0 Å². The third kappa shape index (κ3) is 6.07. The van der Waals surface area contributed by atoms with Gasteiger partial charge in [0.05, 0.1) is 6.61 Å². The highest BCUT2D eigenvalue weighted by molar-refractivity contribution is 4.82. The third-order valence-corrected chi connectivity index (χ3v) is 6.32. The molecule has 0 atom stereocenters. The maximum atomic E-state index is 5.55. The summed E-state index contributed by atoms with van der Waals surface area (Å²) in [7, 11) is 0. The van der Waals surface area contributed by atoms with Gasteiger partial charge < -0.3 is 4.74 Å². The number of ether oxygens (including phenoxy) is 1. The average molecular weight is 307 g/mol. The monoisotopic (exact) mass is 306 g/mol. The van der Waals surface area contributed by atoms with E-state index in [-0.39, 0.29) is 0 Å². The van der Waals surface area contributed by atoms with E-state index in [1.165, 1.54) is 77.0 Å². The fourth-order valence-electron chi connectivity index (χ4n) is 4.81. The van der Waals surface area contributed by atoms with E-state index in [4.69, 9.17) is 4.74 Å². The van der Waals surface area contributed by atoms with Crippen LogP contribution in [0, 0.1) is 23.7 Å². The Bertz CT molecular complexity index is 282. The molecule has 0 aromatic carbocycles. The molecular weight excluding hydrogens is 268 g/mol. The summed E-state index contributed by atoms with van der Waals surface area (Å²) in [5.74, 6) is 4.12. The maximum absolute atomic E-state index is 5.55. The molecule has 0 amide bonds. The first-order chi connectivity index (χ1) is 10.8. The van der Waals surface area contributed by atoms with Crippen molar-refractivity contribution in [3.05, 3.63) is 12.7 Å². The van der Waals surface area contributed by atoms with E-state index >= 15 is 0 Å². The van der Waals surface area contributed by atoms with Crippen molar-refractivity contribution in [1.29, 1.82) is 0 Å². The van der Waals surface area contributed by atoms with Gasteiger partial charge in [0.25, 0.3) is 0 Å². The summed E-state index contributed by atoms with van der Waals surface area (Å²) in [5.41, 5.74) is 0. The van der Waals surface area contributed by atoms with Crippen LogP contribution >= 0.6 is 0 Å². The van der Waals surface area contributed by atoms with Gasteiger partial charge in [-0.3, -0.25) is 0 Å². The molecule has 2 aliphatic rings. The molecule has 22 heavy (non-hydrogen) atoms. The van der Waals surface area contributed by atoms with E-state index in [9.17, 15) is 0 Å². The molecule has 0 radical (unpaired) electrons. The molecule has 1 heteroatoms. The minimum absolute atomic E-state index is 0.719. The summed E-state index contributed by atoms with van der Waals surface area (Å²) in [6.45, 7) is 7.68. The molecule has 0 aromatic heterocycles. The molecule has 0 bridgehead atoms. The van der Waals surface area contributed by atoms with Gasteiger partial charge in [0.1, 0.15) is 0 Å². The van der Waals surface area contributed by atoms with Gasteiger partial charge in [-0.2, -0.15) is 0 Å². The van der Waals surface area contributed by atoms with Gasteiger partial charge in [0, 0.05) is 6.61 Å². The zero-order chi connectivity index (χ0) is 15.6. The molecule has 0 spiro atoms. The highest BCUT2D eigenvalue weighted by Gasteiger charge is 2.30. The van der Waals surface area contributed by atoms with Crippen molar-refractivity contribution in [2.45, 2.75) is 84.0 Å². The second-order valence-corrected chi connectivity index (χ2v) is 7.86. The molecule has 2 aliphatic carbocycles. The fraction of sp³-hybridized carbons (Fsp3) is 0.905. The first kappa shape index (κ1) is 18.0. The maximum Gasteiger partial charge on any atom is 0.0644 e. The fourth-order valence-corrected chi connectivity index (χ4v) is 4.81. The quantitative estimate of drug-likeness (QED) is 0.354. The Labute approximate surface area is 138 Å². The van der Waals surface area contributed by atoms with Crippen LogP contribution in [0.4, 0.5) is 0 Å². The Morgan fingerprint density at radius 2 is 1.41 bits per heavy atom. The lowest BCUT2D eigenvalue weighted by atomic mass is 9.68. The van der Waals surface area contributed by atoms with E-state index in [1.54, 1.807) is 0 Å². The summed E-state index contributed by atoms with van der Waals surface area (Å²) in [5, 5.41) is 0. The van der Waals surface area contributed by atoms with E-state index in [2.05, 4.69) is 13.5 Å². The van der Waals surface area contributed by atoms with E-state index in [0.29, 0.717) is 0 Å². The molecule has 0 aliphatic heterocycles. The first-order valence-electron chi connectivity index (χ1n) is 10.0. The summed E-state index contributed by atoms with van der Waals surface area (Å²) >= 11 is 0. The van der Waals surface area contributed by atoms with Crippen LogP contribution < -0.4 is 0 Å². The molecule has 0 saturated heterocycles. The van der Waals surface area contributed by atoms with Crippen molar-refractivity contribution in [1.82, 2.24) is 0 Å². The lowest BCUT2D eigenvalue weighted by Crippen LogP contribution is -2.26. The molecule has 2 fully saturated rings. The number of hydrogen-bond donors (Lipinski definition) is 0. The van der Waals surface area contributed by atoms with Gasteiger partial charge in [-0.1, -0.05) is 57.9 Å². The summed E-state index contributed by atoms with van der Waals surface area (Å²) < 4.78 is 5.55. The van der Waals surface area contributed by atoms with Gasteiger partial charge in [0.2, 0.25) is 0 Å². The van der Waals surface area contributed by atoms with Crippen molar-refractivity contribution in [2.24, 2.45) is 23.7 Å². The molecule has 0 aromatic rings. The second kappa shape index (κ2) is 10.5. The smallest absolute Gasteiger partial charge is 0.0644 e. The van der Waals surface area contributed by atoms with Gasteiger partial charge in [-0.25, -0.2) is 0 Å². The van der Waals surface area contributed by atoms with Gasteiger partial charge in [0.15, 0.2) is 0 Å². The van der Waals surface area contributed by atoms with Crippen molar-refractivity contribution in [3.63, 3.8) is 0 Å². The molecule has 2 saturated carbocycles. The number of rotatable bonds is 9. The lowest BCUT2D eigenvalue weighted by molar-refractivity contribution is 0.110. The van der Waals surface area contributed by atoms with Crippen LogP contribution in [-0.2, 0) is 4.74 Å². The summed E-state index contributed by atoms with van der Waals surface area (Å²) in [6.07, 6.45) is 19.5. The predicted octanol–water partition coefficient (Wildman–Crippen LogP) is 6.38. The number of unbranched alkanes of at least 4 members (excludes halogenated alkanes) is 1. The van der Waals surface area contributed by atoms with Crippen LogP contribution in [0.5, 0.6) is 0 Å². The van der Waals surface area contributed by atoms with Crippen LogP contribution in [0.25, 0.3) is 0 Å². The standard InChI is InChI=1S/C21H38O/c1-3-5-6-18-7-11-20(12-8-18)21-13-9-19(10-14-21)15-17-22-16-4-2/h4,18-21H,2-3,5-17H2,1H3/t18-,19-,20-,21-. The summed E-state index contributed by atoms with van der Waals surface area (Å²) in [4.78, 5) is 0. The Kier molecular flexibility index (Phi) is 8.59. The molecule has 2 rings (SSSR count). The molecule has 0 heterocycles. The predicted molar refractivity (Wildman–Crippen MR) is 96.1 cm³/mol. The SMILES string of the molecule is C=CCOCC[C@H]1CC[C@H]([C@H]2CC[C@H](CCCC)CC2)CC1. The minimum Gasteiger partial charge on any atom is -0.377 e. The Hall–Kier alpha value is -0.300. The van der Waals surface area contributed by atoms with Crippen LogP contribution in [0.1, 0.15) is 84.0 Å². The highest BCUT2D eigenvalue weighted by Crippen LogP contribution is 2.42. The van der Waals surface area contributed by atoms with Gasteiger partial charge >= 0.3 is 0 Å². The molecule has 128 valence electrons. The minimum atomic E-state index is 0.719. The molecule has 0 N–H and O–H groups in total. The Balaban J connectivity index is 1.58. The van der Waals surface area contributed by atoms with E-state index in [0.717, 1.165) is 36.9 Å². The summed E-state index contributed by atoms with van der Waals surface area (Å²) in [6, 6.07) is 0. The van der Waals surface area contributed by atoms with Crippen LogP contribution in [0.3, 0.4) is 0 Å². The largest absolute Gasteiger partial charge is 0.377 e. The lowest BCUT2D eigenvalue weighted by Gasteiger charge is -2.38. The molecule has 0 unspecified atom stereocenters. The second-order valence-electron chi connectivity index (χ2n) is 7.86. The van der Waals surface area contributed by atoms with Crippen molar-refractivity contribution in [2.75, 3.05) is 13.2 Å². The normalized spacial score (nSPS) is 32.8. The highest BCUT2D eigenvalue weighted by atomic mass is 16.5. The Morgan fingerprint density at radius 1 is 0.864 bits per heavy atom.